The molecule has 0 spiro atoms. The van der Waals surface area contributed by atoms with E-state index in [1.807, 2.05) is 24.3 Å². The van der Waals surface area contributed by atoms with Crippen LogP contribution < -0.4 is 0 Å². The van der Waals surface area contributed by atoms with E-state index in [1.54, 1.807) is 0 Å². The Balaban J connectivity index is 1.72. The van der Waals surface area contributed by atoms with Gasteiger partial charge in [-0.3, -0.25) is 4.79 Å². The van der Waals surface area contributed by atoms with Crippen molar-refractivity contribution in [3.05, 3.63) is 48.0 Å². The largest absolute Gasteiger partial charge is 0.335 e. The van der Waals surface area contributed by atoms with Crippen LogP contribution in [-0.4, -0.2) is 23.4 Å². The van der Waals surface area contributed by atoms with Gasteiger partial charge in [0.15, 0.2) is 0 Å². The first-order chi connectivity index (χ1) is 10.9. The molecule has 0 aromatic heterocycles. The first kappa shape index (κ1) is 14.7. The Labute approximate surface area is 138 Å². The third kappa shape index (κ3) is 2.45. The van der Waals surface area contributed by atoms with Crippen LogP contribution in [0.5, 0.6) is 0 Å². The Morgan fingerprint density at radius 3 is 2.61 bits per heavy atom. The molecule has 2 aromatic carbocycles. The molecule has 0 N–H and O–H groups in total. The molecule has 1 heterocycles. The number of hydrogen-bond donors (Lipinski definition) is 0. The number of likely N-dealkylation sites (tertiary alicyclic amines) is 1. The molecule has 1 saturated heterocycles. The number of nitrogens with zero attached hydrogens (tertiary/aromatic N) is 1. The summed E-state index contributed by atoms with van der Waals surface area (Å²) in [6.07, 6.45) is 3.50. The Bertz CT molecular complexity index is 773. The fraction of sp³-hybridized carbons (Fsp3) is 0.476. The van der Waals surface area contributed by atoms with Crippen LogP contribution in [0.25, 0.3) is 10.8 Å². The highest BCUT2D eigenvalue weighted by atomic mass is 16.2. The van der Waals surface area contributed by atoms with Crippen molar-refractivity contribution in [2.45, 2.75) is 46.1 Å². The van der Waals surface area contributed by atoms with Gasteiger partial charge in [-0.2, -0.15) is 0 Å². The highest BCUT2D eigenvalue weighted by Crippen LogP contribution is 2.52. The van der Waals surface area contributed by atoms with E-state index in [-0.39, 0.29) is 11.3 Å². The second-order valence-electron chi connectivity index (χ2n) is 8.67. The molecule has 0 radical (unpaired) electrons. The van der Waals surface area contributed by atoms with Gasteiger partial charge in [0.25, 0.3) is 5.91 Å². The van der Waals surface area contributed by atoms with Crippen LogP contribution in [0.15, 0.2) is 42.5 Å². The molecule has 2 atom stereocenters. The molecule has 2 nitrogen and oxygen atoms in total. The molecule has 4 rings (SSSR count). The lowest BCUT2D eigenvalue weighted by atomic mass is 9.65. The zero-order chi connectivity index (χ0) is 16.2. The van der Waals surface area contributed by atoms with E-state index in [1.165, 1.54) is 6.42 Å². The number of benzene rings is 2. The van der Waals surface area contributed by atoms with Crippen LogP contribution in [0.1, 0.15) is 50.4 Å². The maximum absolute atomic E-state index is 13.3. The number of amides is 1. The Kier molecular flexibility index (Phi) is 3.10. The fourth-order valence-corrected chi connectivity index (χ4v) is 5.26. The van der Waals surface area contributed by atoms with E-state index >= 15 is 0 Å². The smallest absolute Gasteiger partial charge is 0.254 e. The molecule has 2 fully saturated rings. The predicted octanol–water partition coefficient (Wildman–Crippen LogP) is 4.88. The molecule has 1 amide bonds. The standard InChI is InChI=1S/C21H25NO/c1-20(2)11-16-12-21(3,13-20)14-22(16)19(23)18-10-6-8-15-7-4-5-9-17(15)18/h4-10,16H,11-14H2,1-3H3/t16-,21-/m0/s1. The summed E-state index contributed by atoms with van der Waals surface area (Å²) >= 11 is 0. The van der Waals surface area contributed by atoms with Crippen molar-refractivity contribution in [3.63, 3.8) is 0 Å². The molecule has 0 unspecified atom stereocenters. The summed E-state index contributed by atoms with van der Waals surface area (Å²) in [4.78, 5) is 15.4. The summed E-state index contributed by atoms with van der Waals surface area (Å²) in [5.74, 6) is 0.216. The van der Waals surface area contributed by atoms with Gasteiger partial charge in [-0.25, -0.2) is 0 Å². The van der Waals surface area contributed by atoms with Crippen LogP contribution in [-0.2, 0) is 0 Å². The molecule has 2 bridgehead atoms. The first-order valence-electron chi connectivity index (χ1n) is 8.66. The third-order valence-corrected chi connectivity index (χ3v) is 5.70. The Morgan fingerprint density at radius 2 is 1.78 bits per heavy atom. The molecule has 2 aliphatic rings. The van der Waals surface area contributed by atoms with Crippen molar-refractivity contribution < 1.29 is 4.79 Å². The van der Waals surface area contributed by atoms with Crippen molar-refractivity contribution >= 4 is 16.7 Å². The maximum Gasteiger partial charge on any atom is 0.254 e. The van der Waals surface area contributed by atoms with Gasteiger partial charge in [0.2, 0.25) is 0 Å². The monoisotopic (exact) mass is 307 g/mol. The van der Waals surface area contributed by atoms with Crippen molar-refractivity contribution in [2.75, 3.05) is 6.54 Å². The Morgan fingerprint density at radius 1 is 1.04 bits per heavy atom. The van der Waals surface area contributed by atoms with Crippen molar-refractivity contribution in [2.24, 2.45) is 10.8 Å². The van der Waals surface area contributed by atoms with Crippen molar-refractivity contribution in [1.29, 1.82) is 0 Å². The van der Waals surface area contributed by atoms with Crippen LogP contribution in [0, 0.1) is 10.8 Å². The molecule has 2 heteroatoms. The summed E-state index contributed by atoms with van der Waals surface area (Å²) in [6.45, 7) is 7.97. The van der Waals surface area contributed by atoms with Crippen LogP contribution in [0.3, 0.4) is 0 Å². The highest BCUT2D eigenvalue weighted by Gasteiger charge is 2.51. The molecular formula is C21H25NO. The molecule has 1 saturated carbocycles. The number of hydrogen-bond acceptors (Lipinski definition) is 1. The molecule has 1 aliphatic heterocycles. The van der Waals surface area contributed by atoms with E-state index in [0.717, 1.165) is 35.7 Å². The van der Waals surface area contributed by atoms with Crippen LogP contribution in [0.4, 0.5) is 0 Å². The third-order valence-electron chi connectivity index (χ3n) is 5.70. The van der Waals surface area contributed by atoms with E-state index in [4.69, 9.17) is 0 Å². The molecular weight excluding hydrogens is 282 g/mol. The SMILES string of the molecule is CC1(C)C[C@H]2C[C@](C)(CN2C(=O)c2cccc3ccccc23)C1. The molecule has 1 aliphatic carbocycles. The van der Waals surface area contributed by atoms with Gasteiger partial charge in [-0.15, -0.1) is 0 Å². The second kappa shape index (κ2) is 4.83. The lowest BCUT2D eigenvalue weighted by Gasteiger charge is -2.39. The predicted molar refractivity (Wildman–Crippen MR) is 94.5 cm³/mol. The minimum atomic E-state index is 0.216. The van der Waals surface area contributed by atoms with Crippen LogP contribution >= 0.6 is 0 Å². The van der Waals surface area contributed by atoms with Gasteiger partial charge in [-0.1, -0.05) is 57.2 Å². The summed E-state index contributed by atoms with van der Waals surface area (Å²) in [5, 5.41) is 2.22. The molecule has 2 aromatic rings. The zero-order valence-electron chi connectivity index (χ0n) is 14.3. The highest BCUT2D eigenvalue weighted by molar-refractivity contribution is 6.07. The number of carbonyl (C=O) groups excluding carboxylic acids is 1. The van der Waals surface area contributed by atoms with Gasteiger partial charge in [0.1, 0.15) is 0 Å². The zero-order valence-corrected chi connectivity index (χ0v) is 14.3. The lowest BCUT2D eigenvalue weighted by molar-refractivity contribution is 0.0710. The fourth-order valence-electron chi connectivity index (χ4n) is 5.26. The average molecular weight is 307 g/mol. The molecule has 120 valence electrons. The van der Waals surface area contributed by atoms with Gasteiger partial charge >= 0.3 is 0 Å². The first-order valence-corrected chi connectivity index (χ1v) is 8.66. The van der Waals surface area contributed by atoms with Crippen LogP contribution in [0.2, 0.25) is 0 Å². The maximum atomic E-state index is 13.3. The topological polar surface area (TPSA) is 20.3 Å². The van der Waals surface area contributed by atoms with Gasteiger partial charge in [0, 0.05) is 18.2 Å². The molecule has 23 heavy (non-hydrogen) atoms. The number of rotatable bonds is 1. The minimum absolute atomic E-state index is 0.216. The summed E-state index contributed by atoms with van der Waals surface area (Å²) in [5.41, 5.74) is 1.48. The number of fused-ring (bicyclic) bond motifs is 3. The van der Waals surface area contributed by atoms with E-state index in [9.17, 15) is 4.79 Å². The normalized spacial score (nSPS) is 29.0. The summed E-state index contributed by atoms with van der Waals surface area (Å²) < 4.78 is 0. The van der Waals surface area contributed by atoms with E-state index in [0.29, 0.717) is 11.5 Å². The number of carbonyl (C=O) groups is 1. The van der Waals surface area contributed by atoms with Gasteiger partial charge < -0.3 is 4.90 Å². The minimum Gasteiger partial charge on any atom is -0.335 e. The van der Waals surface area contributed by atoms with Gasteiger partial charge in [-0.05, 0) is 46.9 Å². The van der Waals surface area contributed by atoms with E-state index in [2.05, 4.69) is 43.9 Å². The Hall–Kier alpha value is -1.83. The average Bonchev–Trinajstić information content (AvgIpc) is 2.75. The van der Waals surface area contributed by atoms with Crippen molar-refractivity contribution in [3.8, 4) is 0 Å². The van der Waals surface area contributed by atoms with Crippen molar-refractivity contribution in [1.82, 2.24) is 4.90 Å². The summed E-state index contributed by atoms with van der Waals surface area (Å²) in [7, 11) is 0. The lowest BCUT2D eigenvalue weighted by Crippen LogP contribution is -2.37. The summed E-state index contributed by atoms with van der Waals surface area (Å²) in [6, 6.07) is 14.7. The van der Waals surface area contributed by atoms with E-state index < -0.39 is 0 Å². The van der Waals surface area contributed by atoms with Gasteiger partial charge in [0.05, 0.1) is 0 Å². The quantitative estimate of drug-likeness (QED) is 0.735. The second-order valence-corrected chi connectivity index (χ2v) is 8.67.